The molecule has 1 rings (SSSR count). The third-order valence-electron chi connectivity index (χ3n) is 2.25. The molecule has 0 saturated carbocycles. The van der Waals surface area contributed by atoms with Gasteiger partial charge in [0.1, 0.15) is 0 Å². The van der Waals surface area contributed by atoms with Gasteiger partial charge in [-0.1, -0.05) is 38.6 Å². The van der Waals surface area contributed by atoms with E-state index < -0.39 is 0 Å². The smallest absolute Gasteiger partial charge is 0.257 e. The highest BCUT2D eigenvalue weighted by Gasteiger charge is 2.13. The van der Waals surface area contributed by atoms with Gasteiger partial charge in [-0.2, -0.15) is 0 Å². The molecule has 0 heterocycles. The summed E-state index contributed by atoms with van der Waals surface area (Å²) in [7, 11) is 1.73. The lowest BCUT2D eigenvalue weighted by Gasteiger charge is -2.17. The van der Waals surface area contributed by atoms with E-state index in [2.05, 4.69) is 6.58 Å². The van der Waals surface area contributed by atoms with Crippen LogP contribution < -0.4 is 0 Å². The Hall–Kier alpha value is -1.57. The first-order valence-corrected chi connectivity index (χ1v) is 5.53. The van der Waals surface area contributed by atoms with Crippen molar-refractivity contribution in [1.29, 1.82) is 0 Å². The molecular weight excluding hydrogens is 198 g/mol. The Balaban J connectivity index is 0.00000106. The zero-order chi connectivity index (χ0) is 12.7. The average molecular weight is 219 g/mol. The summed E-state index contributed by atoms with van der Waals surface area (Å²) in [6.45, 7) is 11.5. The third kappa shape index (κ3) is 3.54. The second-order valence-electron chi connectivity index (χ2n) is 3.41. The molecule has 0 saturated heterocycles. The molecule has 2 nitrogen and oxygen atoms in total. The lowest BCUT2D eigenvalue weighted by Crippen LogP contribution is -2.24. The molecule has 0 unspecified atom stereocenters. The Labute approximate surface area is 98.6 Å². The van der Waals surface area contributed by atoms with Gasteiger partial charge in [0.25, 0.3) is 5.91 Å². The van der Waals surface area contributed by atoms with E-state index in [1.165, 1.54) is 0 Å². The maximum atomic E-state index is 11.9. The molecule has 0 radical (unpaired) electrons. The van der Waals surface area contributed by atoms with Crippen LogP contribution in [0.1, 0.15) is 36.7 Å². The number of benzene rings is 1. The molecule has 16 heavy (non-hydrogen) atoms. The quantitative estimate of drug-likeness (QED) is 0.743. The monoisotopic (exact) mass is 219 g/mol. The highest BCUT2D eigenvalue weighted by atomic mass is 16.2. The molecule has 0 aliphatic carbocycles. The van der Waals surface area contributed by atoms with Crippen molar-refractivity contribution in [2.45, 2.75) is 27.7 Å². The van der Waals surface area contributed by atoms with E-state index in [0.717, 1.165) is 16.8 Å². The Kier molecular flexibility index (Phi) is 6.16. The van der Waals surface area contributed by atoms with Crippen LogP contribution in [-0.2, 0) is 0 Å². The molecule has 0 bridgehead atoms. The molecule has 1 aromatic carbocycles. The van der Waals surface area contributed by atoms with Crippen molar-refractivity contribution < 1.29 is 4.79 Å². The minimum absolute atomic E-state index is 0.00407. The molecule has 1 amide bonds. The van der Waals surface area contributed by atoms with Crippen LogP contribution in [0.5, 0.6) is 0 Å². The molecule has 0 atom stereocenters. The highest BCUT2D eigenvalue weighted by Crippen LogP contribution is 2.11. The number of hydrogen-bond acceptors (Lipinski definition) is 1. The van der Waals surface area contributed by atoms with Crippen molar-refractivity contribution in [3.8, 4) is 0 Å². The van der Waals surface area contributed by atoms with E-state index in [-0.39, 0.29) is 5.91 Å². The fourth-order valence-corrected chi connectivity index (χ4v) is 1.17. The number of carbonyl (C=O) groups excluding carboxylic acids is 1. The van der Waals surface area contributed by atoms with Crippen molar-refractivity contribution in [2.75, 3.05) is 7.05 Å². The first-order chi connectivity index (χ1) is 7.54. The van der Waals surface area contributed by atoms with E-state index >= 15 is 0 Å². The zero-order valence-electron chi connectivity index (χ0n) is 10.9. The zero-order valence-corrected chi connectivity index (χ0v) is 10.9. The maximum Gasteiger partial charge on any atom is 0.257 e. The Morgan fingerprint density at radius 1 is 1.25 bits per heavy atom. The summed E-state index contributed by atoms with van der Waals surface area (Å²) in [4.78, 5) is 13.4. The summed E-state index contributed by atoms with van der Waals surface area (Å²) in [5.41, 5.74) is 2.47. The van der Waals surface area contributed by atoms with Crippen LogP contribution in [-0.4, -0.2) is 17.9 Å². The maximum absolute atomic E-state index is 11.9. The molecule has 1 aromatic rings. The number of carbonyl (C=O) groups is 1. The largest absolute Gasteiger partial charge is 0.316 e. The predicted octanol–water partition coefficient (Wildman–Crippen LogP) is 3.63. The SMILES string of the molecule is C=C(C)N(C)C(=O)c1ccccc1C.CC. The number of nitrogens with zero attached hydrogens (tertiary/aromatic N) is 1. The first-order valence-electron chi connectivity index (χ1n) is 5.53. The number of allylic oxidation sites excluding steroid dienone is 1. The summed E-state index contributed by atoms with van der Waals surface area (Å²) in [5.74, 6) is -0.00407. The highest BCUT2D eigenvalue weighted by molar-refractivity contribution is 5.96. The summed E-state index contributed by atoms with van der Waals surface area (Å²) < 4.78 is 0. The van der Waals surface area contributed by atoms with Gasteiger partial charge >= 0.3 is 0 Å². The van der Waals surface area contributed by atoms with Crippen LogP contribution in [0, 0.1) is 6.92 Å². The molecule has 0 fully saturated rings. The molecule has 0 spiro atoms. The standard InChI is InChI=1S/C12H15NO.C2H6/c1-9(2)13(4)12(14)11-8-6-5-7-10(11)3;1-2/h5-8H,1H2,2-4H3;1-2H3. The summed E-state index contributed by atoms with van der Waals surface area (Å²) in [6, 6.07) is 7.55. The van der Waals surface area contributed by atoms with Gasteiger partial charge in [0.15, 0.2) is 0 Å². The van der Waals surface area contributed by atoms with Crippen LogP contribution in [0.3, 0.4) is 0 Å². The number of amides is 1. The Morgan fingerprint density at radius 2 is 1.75 bits per heavy atom. The van der Waals surface area contributed by atoms with Gasteiger partial charge in [0.2, 0.25) is 0 Å². The van der Waals surface area contributed by atoms with Gasteiger partial charge in [0, 0.05) is 18.3 Å². The summed E-state index contributed by atoms with van der Waals surface area (Å²) >= 11 is 0. The average Bonchev–Trinajstić information content (AvgIpc) is 2.30. The predicted molar refractivity (Wildman–Crippen MR) is 69.4 cm³/mol. The van der Waals surface area contributed by atoms with E-state index in [1.807, 2.05) is 52.0 Å². The first kappa shape index (κ1) is 14.4. The normalized spacial score (nSPS) is 8.81. The summed E-state index contributed by atoms with van der Waals surface area (Å²) in [6.07, 6.45) is 0. The Bertz CT molecular complexity index is 369. The van der Waals surface area contributed by atoms with Gasteiger partial charge in [0.05, 0.1) is 0 Å². The fourth-order valence-electron chi connectivity index (χ4n) is 1.17. The van der Waals surface area contributed by atoms with E-state index in [4.69, 9.17) is 0 Å². The second kappa shape index (κ2) is 6.83. The molecule has 0 aliphatic heterocycles. The van der Waals surface area contributed by atoms with E-state index in [9.17, 15) is 4.79 Å². The number of aryl methyl sites for hydroxylation is 1. The lowest BCUT2D eigenvalue weighted by molar-refractivity contribution is 0.0836. The van der Waals surface area contributed by atoms with Crippen LogP contribution in [0.2, 0.25) is 0 Å². The van der Waals surface area contributed by atoms with Gasteiger partial charge in [-0.25, -0.2) is 0 Å². The third-order valence-corrected chi connectivity index (χ3v) is 2.25. The molecule has 2 heteroatoms. The van der Waals surface area contributed by atoms with Crippen molar-refractivity contribution >= 4 is 5.91 Å². The topological polar surface area (TPSA) is 20.3 Å². The lowest BCUT2D eigenvalue weighted by atomic mass is 10.1. The van der Waals surface area contributed by atoms with Crippen LogP contribution in [0.25, 0.3) is 0 Å². The van der Waals surface area contributed by atoms with Gasteiger partial charge < -0.3 is 4.90 Å². The molecule has 88 valence electrons. The van der Waals surface area contributed by atoms with E-state index in [1.54, 1.807) is 11.9 Å². The van der Waals surface area contributed by atoms with Crippen LogP contribution >= 0.6 is 0 Å². The van der Waals surface area contributed by atoms with Gasteiger partial charge in [-0.3, -0.25) is 4.79 Å². The minimum atomic E-state index is -0.00407. The van der Waals surface area contributed by atoms with Crippen LogP contribution in [0.15, 0.2) is 36.5 Å². The number of hydrogen-bond donors (Lipinski definition) is 0. The summed E-state index contributed by atoms with van der Waals surface area (Å²) in [5, 5.41) is 0. The fraction of sp³-hybridized carbons (Fsp3) is 0.357. The van der Waals surface area contributed by atoms with Crippen LogP contribution in [0.4, 0.5) is 0 Å². The molecule has 0 N–H and O–H groups in total. The molecule has 0 aliphatic rings. The second-order valence-corrected chi connectivity index (χ2v) is 3.41. The molecule has 0 aromatic heterocycles. The minimum Gasteiger partial charge on any atom is -0.316 e. The van der Waals surface area contributed by atoms with E-state index in [0.29, 0.717) is 0 Å². The Morgan fingerprint density at radius 3 is 2.19 bits per heavy atom. The van der Waals surface area contributed by atoms with Crippen molar-refractivity contribution in [3.05, 3.63) is 47.7 Å². The van der Waals surface area contributed by atoms with Gasteiger partial charge in [-0.15, -0.1) is 0 Å². The van der Waals surface area contributed by atoms with Crippen molar-refractivity contribution in [3.63, 3.8) is 0 Å². The van der Waals surface area contributed by atoms with Gasteiger partial charge in [-0.05, 0) is 25.5 Å². The number of rotatable bonds is 2. The van der Waals surface area contributed by atoms with Crippen molar-refractivity contribution in [2.24, 2.45) is 0 Å². The van der Waals surface area contributed by atoms with Crippen molar-refractivity contribution in [1.82, 2.24) is 4.90 Å². The molecular formula is C14H21NO.